The Labute approximate surface area is 230 Å². The molecule has 3 aromatic rings. The monoisotopic (exact) mass is 556 g/mol. The van der Waals surface area contributed by atoms with E-state index in [1.165, 1.54) is 33.5 Å². The molecule has 0 spiro atoms. The molecule has 2 aromatic heterocycles. The van der Waals surface area contributed by atoms with Crippen LogP contribution in [-0.4, -0.2) is 39.0 Å². The predicted octanol–water partition coefficient (Wildman–Crippen LogP) is 6.16. The second kappa shape index (κ2) is 12.8. The third kappa shape index (κ3) is 6.86. The molecule has 0 fully saturated rings. The van der Waals surface area contributed by atoms with Gasteiger partial charge >= 0.3 is 5.97 Å². The number of allylic oxidation sites excluding steroid dienone is 1. The third-order valence-corrected chi connectivity index (χ3v) is 9.22. The summed E-state index contributed by atoms with van der Waals surface area (Å²) in [7, 11) is 0. The average Bonchev–Trinajstić information content (AvgIpc) is 3.42. The molecule has 0 aliphatic heterocycles. The zero-order valence-electron chi connectivity index (χ0n) is 21.4. The Hall–Kier alpha value is -2.56. The van der Waals surface area contributed by atoms with Crippen LogP contribution in [0.3, 0.4) is 0 Å². The highest BCUT2D eigenvalue weighted by Gasteiger charge is 2.29. The molecule has 1 atom stereocenters. The van der Waals surface area contributed by atoms with Gasteiger partial charge < -0.3 is 14.6 Å². The minimum Gasteiger partial charge on any atom is -0.462 e. The number of fused-ring (bicyclic) bond motifs is 1. The number of rotatable bonds is 11. The van der Waals surface area contributed by atoms with Gasteiger partial charge in [-0.3, -0.25) is 4.79 Å². The standard InChI is InChI=1S/C27H32N4O3S3/c1-5-13-31-22(15-35-19-10-7-17(3)8-11-19)29-30-27(31)36-16-23(32)28-25-24(26(33)34-6-2)20-12-9-18(4)14-21(20)37-25/h5,7-8,10-11,18H,1,6,9,12-16H2,2-4H3,(H,28,32). The molecule has 1 unspecified atom stereocenters. The number of hydrogen-bond donors (Lipinski definition) is 1. The van der Waals surface area contributed by atoms with Crippen LogP contribution in [0, 0.1) is 12.8 Å². The minimum atomic E-state index is -0.362. The Morgan fingerprint density at radius 3 is 2.78 bits per heavy atom. The van der Waals surface area contributed by atoms with Gasteiger partial charge in [-0.2, -0.15) is 0 Å². The quantitative estimate of drug-likeness (QED) is 0.172. The summed E-state index contributed by atoms with van der Waals surface area (Å²) in [5.74, 6) is 1.66. The number of hydrogen-bond acceptors (Lipinski definition) is 8. The van der Waals surface area contributed by atoms with Gasteiger partial charge in [0.1, 0.15) is 10.8 Å². The van der Waals surface area contributed by atoms with Crippen molar-refractivity contribution in [1.82, 2.24) is 14.8 Å². The molecular weight excluding hydrogens is 525 g/mol. The number of anilines is 1. The maximum absolute atomic E-state index is 13.0. The van der Waals surface area contributed by atoms with Crippen molar-refractivity contribution in [2.75, 3.05) is 17.7 Å². The molecule has 0 saturated carbocycles. The van der Waals surface area contributed by atoms with Crippen LogP contribution < -0.4 is 5.32 Å². The molecule has 10 heteroatoms. The summed E-state index contributed by atoms with van der Waals surface area (Å²) in [6, 6.07) is 8.38. The maximum atomic E-state index is 13.0. The van der Waals surface area contributed by atoms with Crippen LogP contribution in [0.5, 0.6) is 0 Å². The fraction of sp³-hybridized carbons (Fsp3) is 0.407. The normalized spacial score (nSPS) is 14.7. The van der Waals surface area contributed by atoms with E-state index in [4.69, 9.17) is 4.74 Å². The number of aromatic nitrogens is 3. The zero-order valence-corrected chi connectivity index (χ0v) is 23.9. The number of carbonyl (C=O) groups is 2. The molecule has 1 N–H and O–H groups in total. The topological polar surface area (TPSA) is 86.1 Å². The highest BCUT2D eigenvalue weighted by Crippen LogP contribution is 2.40. The molecule has 1 aliphatic carbocycles. The molecule has 0 bridgehead atoms. The average molecular weight is 557 g/mol. The molecule has 196 valence electrons. The molecule has 7 nitrogen and oxygen atoms in total. The largest absolute Gasteiger partial charge is 0.462 e. The van der Waals surface area contributed by atoms with Gasteiger partial charge in [-0.25, -0.2) is 4.79 Å². The summed E-state index contributed by atoms with van der Waals surface area (Å²) in [5.41, 5.74) is 2.78. The second-order valence-corrected chi connectivity index (χ2v) is 12.1. The number of esters is 1. The zero-order chi connectivity index (χ0) is 26.4. The van der Waals surface area contributed by atoms with E-state index in [0.29, 0.717) is 40.5 Å². The number of nitrogens with one attached hydrogen (secondary N) is 1. The Kier molecular flexibility index (Phi) is 9.50. The highest BCUT2D eigenvalue weighted by atomic mass is 32.2. The van der Waals surface area contributed by atoms with Gasteiger partial charge in [0.25, 0.3) is 0 Å². The van der Waals surface area contributed by atoms with Crippen molar-refractivity contribution >= 4 is 51.7 Å². The van der Waals surface area contributed by atoms with Crippen molar-refractivity contribution < 1.29 is 14.3 Å². The van der Waals surface area contributed by atoms with Gasteiger partial charge in [0.2, 0.25) is 5.91 Å². The number of benzene rings is 1. The van der Waals surface area contributed by atoms with Gasteiger partial charge in [0.05, 0.1) is 23.7 Å². The molecule has 1 aromatic carbocycles. The van der Waals surface area contributed by atoms with Gasteiger partial charge in [0.15, 0.2) is 5.16 Å². The first kappa shape index (κ1) is 27.5. The molecule has 0 saturated heterocycles. The van der Waals surface area contributed by atoms with Gasteiger partial charge in [-0.15, -0.1) is 39.9 Å². The Morgan fingerprint density at radius 2 is 2.05 bits per heavy atom. The van der Waals surface area contributed by atoms with Crippen LogP contribution >= 0.6 is 34.9 Å². The lowest BCUT2D eigenvalue weighted by molar-refractivity contribution is -0.113. The summed E-state index contributed by atoms with van der Waals surface area (Å²) in [5, 5.41) is 12.9. The van der Waals surface area contributed by atoms with E-state index in [1.807, 2.05) is 4.57 Å². The fourth-order valence-corrected chi connectivity index (χ4v) is 7.20. The van der Waals surface area contributed by atoms with E-state index in [9.17, 15) is 9.59 Å². The number of ether oxygens (including phenoxy) is 1. The number of thioether (sulfide) groups is 2. The van der Waals surface area contributed by atoms with Crippen LogP contribution in [-0.2, 0) is 34.7 Å². The van der Waals surface area contributed by atoms with Crippen LogP contribution in [0.25, 0.3) is 0 Å². The van der Waals surface area contributed by atoms with Crippen molar-refractivity contribution in [3.63, 3.8) is 0 Å². The molecular formula is C27H32N4O3S3. The highest BCUT2D eigenvalue weighted by molar-refractivity contribution is 7.99. The number of nitrogens with zero attached hydrogens (tertiary/aromatic N) is 3. The van der Waals surface area contributed by atoms with Crippen molar-refractivity contribution in [2.45, 2.75) is 62.4 Å². The summed E-state index contributed by atoms with van der Waals surface area (Å²) < 4.78 is 7.30. The summed E-state index contributed by atoms with van der Waals surface area (Å²) in [4.78, 5) is 28.0. The van der Waals surface area contributed by atoms with Crippen molar-refractivity contribution in [2.24, 2.45) is 5.92 Å². The SMILES string of the molecule is C=CCn1c(CSc2ccc(C)cc2)nnc1SCC(=O)Nc1sc2c(c1C(=O)OCC)CCC(C)C2. The van der Waals surface area contributed by atoms with Crippen LogP contribution in [0.15, 0.2) is 47.0 Å². The first-order valence-corrected chi connectivity index (χ1v) is 15.1. The lowest BCUT2D eigenvalue weighted by atomic mass is 9.88. The second-order valence-electron chi connectivity index (χ2n) is 9.01. The molecule has 1 aliphatic rings. The summed E-state index contributed by atoms with van der Waals surface area (Å²) in [6.45, 7) is 10.8. The van der Waals surface area contributed by atoms with E-state index in [-0.39, 0.29) is 17.6 Å². The van der Waals surface area contributed by atoms with E-state index in [0.717, 1.165) is 35.5 Å². The minimum absolute atomic E-state index is 0.154. The van der Waals surface area contributed by atoms with Crippen molar-refractivity contribution in [3.8, 4) is 0 Å². The molecule has 1 amide bonds. The number of carbonyl (C=O) groups excluding carboxylic acids is 2. The lowest BCUT2D eigenvalue weighted by Crippen LogP contribution is -2.18. The molecule has 2 heterocycles. The van der Waals surface area contributed by atoms with Crippen LogP contribution in [0.4, 0.5) is 5.00 Å². The fourth-order valence-electron chi connectivity index (χ4n) is 4.18. The Morgan fingerprint density at radius 1 is 1.27 bits per heavy atom. The van der Waals surface area contributed by atoms with E-state index < -0.39 is 0 Å². The van der Waals surface area contributed by atoms with Gasteiger partial charge in [-0.1, -0.05) is 42.5 Å². The van der Waals surface area contributed by atoms with Gasteiger partial charge in [-0.05, 0) is 56.7 Å². The van der Waals surface area contributed by atoms with Gasteiger partial charge in [0, 0.05) is 16.3 Å². The van der Waals surface area contributed by atoms with Crippen LogP contribution in [0.1, 0.15) is 52.5 Å². The first-order valence-electron chi connectivity index (χ1n) is 12.4. The number of aryl methyl sites for hydroxylation is 1. The molecule has 37 heavy (non-hydrogen) atoms. The van der Waals surface area contributed by atoms with E-state index >= 15 is 0 Å². The van der Waals surface area contributed by atoms with E-state index in [1.54, 1.807) is 24.8 Å². The Bertz CT molecular complexity index is 1270. The number of amides is 1. The number of thiophene rings is 1. The first-order chi connectivity index (χ1) is 17.9. The summed E-state index contributed by atoms with van der Waals surface area (Å²) >= 11 is 4.52. The molecule has 4 rings (SSSR count). The maximum Gasteiger partial charge on any atom is 0.341 e. The Balaban J connectivity index is 1.43. The third-order valence-electron chi connectivity index (χ3n) is 6.07. The van der Waals surface area contributed by atoms with Crippen LogP contribution in [0.2, 0.25) is 0 Å². The summed E-state index contributed by atoms with van der Waals surface area (Å²) in [6.07, 6.45) is 4.59. The smallest absolute Gasteiger partial charge is 0.341 e. The van der Waals surface area contributed by atoms with E-state index in [2.05, 4.69) is 60.2 Å². The van der Waals surface area contributed by atoms with Crippen molar-refractivity contribution in [1.29, 1.82) is 0 Å². The lowest BCUT2D eigenvalue weighted by Gasteiger charge is -2.18. The predicted molar refractivity (Wildman–Crippen MR) is 152 cm³/mol. The van der Waals surface area contributed by atoms with Crippen molar-refractivity contribution in [3.05, 3.63) is 64.3 Å². The molecule has 0 radical (unpaired) electrons.